The van der Waals surface area contributed by atoms with Crippen LogP contribution in [0.4, 0.5) is 0 Å². The Balaban J connectivity index is 2.52. The van der Waals surface area contributed by atoms with E-state index in [1.807, 2.05) is 0 Å². The molecule has 5 heteroatoms. The Labute approximate surface area is 100 Å². The molecule has 0 aliphatic carbocycles. The summed E-state index contributed by atoms with van der Waals surface area (Å²) in [5, 5.41) is 0.577. The van der Waals surface area contributed by atoms with Crippen LogP contribution < -0.4 is 0 Å². The zero-order valence-corrected chi connectivity index (χ0v) is 10.5. The van der Waals surface area contributed by atoms with Gasteiger partial charge in [0.1, 0.15) is 15.6 Å². The van der Waals surface area contributed by atoms with Gasteiger partial charge in [0.25, 0.3) is 0 Å². The third kappa shape index (κ3) is 5.28. The molecule has 0 spiro atoms. The minimum atomic E-state index is -3.07. The third-order valence-electron chi connectivity index (χ3n) is 2.04. The zero-order chi connectivity index (χ0) is 12.2. The molecule has 0 aliphatic rings. The van der Waals surface area contributed by atoms with Gasteiger partial charge in [0, 0.05) is 24.1 Å². The van der Waals surface area contributed by atoms with Crippen LogP contribution in [-0.2, 0) is 21.1 Å². The second kappa shape index (κ2) is 5.46. The van der Waals surface area contributed by atoms with Gasteiger partial charge in [-0.25, -0.2) is 8.42 Å². The molecule has 0 aromatic heterocycles. The molecule has 1 rings (SSSR count). The van der Waals surface area contributed by atoms with Gasteiger partial charge < -0.3 is 0 Å². The van der Waals surface area contributed by atoms with Crippen molar-refractivity contribution in [2.45, 2.75) is 12.8 Å². The maximum Gasteiger partial charge on any atom is 0.147 e. The fourth-order valence-electron chi connectivity index (χ4n) is 1.26. The summed E-state index contributed by atoms with van der Waals surface area (Å²) in [4.78, 5) is 11.5. The van der Waals surface area contributed by atoms with Gasteiger partial charge in [-0.15, -0.1) is 0 Å². The molecule has 88 valence electrons. The van der Waals surface area contributed by atoms with Crippen molar-refractivity contribution >= 4 is 27.2 Å². The van der Waals surface area contributed by atoms with E-state index >= 15 is 0 Å². The molecular formula is C11H13ClO3S. The van der Waals surface area contributed by atoms with E-state index in [2.05, 4.69) is 0 Å². The first-order valence-corrected chi connectivity index (χ1v) is 7.24. The highest BCUT2D eigenvalue weighted by molar-refractivity contribution is 7.90. The minimum absolute atomic E-state index is 0.0609. The smallest absolute Gasteiger partial charge is 0.147 e. The molecule has 1 aromatic carbocycles. The summed E-state index contributed by atoms with van der Waals surface area (Å²) in [5.41, 5.74) is 0.811. The van der Waals surface area contributed by atoms with E-state index in [0.29, 0.717) is 5.02 Å². The highest BCUT2D eigenvalue weighted by atomic mass is 35.5. The van der Waals surface area contributed by atoms with Gasteiger partial charge >= 0.3 is 0 Å². The summed E-state index contributed by atoms with van der Waals surface area (Å²) in [6.45, 7) is 0. The number of Topliss-reactive ketones (excluding diaryl/α,β-unsaturated/α-hetero) is 1. The SMILES string of the molecule is CS(=O)(=O)CCC(=O)Cc1cccc(Cl)c1. The Morgan fingerprint density at radius 2 is 2.06 bits per heavy atom. The predicted octanol–water partition coefficient (Wildman–Crippen LogP) is 1.89. The highest BCUT2D eigenvalue weighted by Gasteiger charge is 2.08. The van der Waals surface area contributed by atoms with Gasteiger partial charge in [0.05, 0.1) is 5.75 Å². The fourth-order valence-corrected chi connectivity index (χ4v) is 2.07. The summed E-state index contributed by atoms with van der Waals surface area (Å²) in [6.07, 6.45) is 1.42. The number of carbonyl (C=O) groups excluding carboxylic acids is 1. The van der Waals surface area contributed by atoms with Gasteiger partial charge in [0.2, 0.25) is 0 Å². The van der Waals surface area contributed by atoms with E-state index in [1.54, 1.807) is 24.3 Å². The van der Waals surface area contributed by atoms with Gasteiger partial charge in [-0.2, -0.15) is 0 Å². The molecule has 0 fully saturated rings. The molecule has 1 aromatic rings. The number of benzene rings is 1. The van der Waals surface area contributed by atoms with Gasteiger partial charge in [-0.3, -0.25) is 4.79 Å². The van der Waals surface area contributed by atoms with E-state index in [0.717, 1.165) is 11.8 Å². The van der Waals surface area contributed by atoms with Crippen LogP contribution in [0.5, 0.6) is 0 Å². The minimum Gasteiger partial charge on any atom is -0.299 e. The number of halogens is 1. The quantitative estimate of drug-likeness (QED) is 0.812. The molecule has 0 atom stereocenters. The van der Waals surface area contributed by atoms with Crippen LogP contribution in [0.2, 0.25) is 5.02 Å². The van der Waals surface area contributed by atoms with Crippen LogP contribution in [0.15, 0.2) is 24.3 Å². The lowest BCUT2D eigenvalue weighted by Crippen LogP contribution is -2.11. The van der Waals surface area contributed by atoms with Gasteiger partial charge in [0.15, 0.2) is 0 Å². The van der Waals surface area contributed by atoms with Crippen molar-refractivity contribution in [3.63, 3.8) is 0 Å². The van der Waals surface area contributed by atoms with E-state index in [-0.39, 0.29) is 24.4 Å². The van der Waals surface area contributed by atoms with Crippen molar-refractivity contribution in [3.8, 4) is 0 Å². The maximum atomic E-state index is 11.5. The lowest BCUT2D eigenvalue weighted by atomic mass is 10.1. The average molecular weight is 261 g/mol. The van der Waals surface area contributed by atoms with Crippen molar-refractivity contribution < 1.29 is 13.2 Å². The number of hydrogen-bond acceptors (Lipinski definition) is 3. The number of carbonyl (C=O) groups is 1. The Bertz CT molecular complexity index is 480. The maximum absolute atomic E-state index is 11.5. The monoisotopic (exact) mass is 260 g/mol. The van der Waals surface area contributed by atoms with Crippen LogP contribution in [0.3, 0.4) is 0 Å². The molecule has 0 unspecified atom stereocenters. The second-order valence-electron chi connectivity index (χ2n) is 3.73. The predicted molar refractivity (Wildman–Crippen MR) is 64.5 cm³/mol. The summed E-state index contributed by atoms with van der Waals surface area (Å²) in [7, 11) is -3.07. The zero-order valence-electron chi connectivity index (χ0n) is 8.94. The lowest BCUT2D eigenvalue weighted by Gasteiger charge is -2.01. The van der Waals surface area contributed by atoms with Gasteiger partial charge in [-0.05, 0) is 17.7 Å². The van der Waals surface area contributed by atoms with Crippen molar-refractivity contribution in [2.75, 3.05) is 12.0 Å². The fraction of sp³-hybridized carbons (Fsp3) is 0.364. The molecule has 0 saturated carbocycles. The lowest BCUT2D eigenvalue weighted by molar-refractivity contribution is -0.118. The van der Waals surface area contributed by atoms with Crippen LogP contribution in [0, 0.1) is 0 Å². The largest absolute Gasteiger partial charge is 0.299 e. The van der Waals surface area contributed by atoms with E-state index in [4.69, 9.17) is 11.6 Å². The summed E-state index contributed by atoms with van der Waals surface area (Å²) in [6, 6.07) is 7.00. The molecule has 0 bridgehead atoms. The summed E-state index contributed by atoms with van der Waals surface area (Å²) < 4.78 is 21.7. The Morgan fingerprint density at radius 1 is 1.38 bits per heavy atom. The Kier molecular flexibility index (Phi) is 4.50. The normalized spacial score (nSPS) is 11.4. The third-order valence-corrected chi connectivity index (χ3v) is 3.22. The molecule has 16 heavy (non-hydrogen) atoms. The molecule has 0 saturated heterocycles. The van der Waals surface area contributed by atoms with E-state index < -0.39 is 9.84 Å². The molecule has 3 nitrogen and oxygen atoms in total. The number of rotatable bonds is 5. The summed E-state index contributed by atoms with van der Waals surface area (Å²) >= 11 is 5.77. The van der Waals surface area contributed by atoms with Gasteiger partial charge in [-0.1, -0.05) is 23.7 Å². The first-order chi connectivity index (χ1) is 7.37. The molecule has 0 radical (unpaired) electrons. The van der Waals surface area contributed by atoms with E-state index in [9.17, 15) is 13.2 Å². The first-order valence-electron chi connectivity index (χ1n) is 4.81. The second-order valence-corrected chi connectivity index (χ2v) is 6.42. The van der Waals surface area contributed by atoms with E-state index in [1.165, 1.54) is 0 Å². The molecule has 0 aliphatic heterocycles. The van der Waals surface area contributed by atoms with Crippen LogP contribution >= 0.6 is 11.6 Å². The molecule has 0 heterocycles. The van der Waals surface area contributed by atoms with Crippen molar-refractivity contribution in [1.82, 2.24) is 0 Å². The summed E-state index contributed by atoms with van der Waals surface area (Å²) in [5.74, 6) is -0.181. The molecule has 0 N–H and O–H groups in total. The van der Waals surface area contributed by atoms with Crippen molar-refractivity contribution in [2.24, 2.45) is 0 Å². The Hall–Kier alpha value is -0.870. The highest BCUT2D eigenvalue weighted by Crippen LogP contribution is 2.11. The van der Waals surface area contributed by atoms with Crippen LogP contribution in [0.25, 0.3) is 0 Å². The number of hydrogen-bond donors (Lipinski definition) is 0. The van der Waals surface area contributed by atoms with Crippen LogP contribution in [0.1, 0.15) is 12.0 Å². The number of ketones is 1. The first kappa shape index (κ1) is 13.2. The molecular weight excluding hydrogens is 248 g/mol. The van der Waals surface area contributed by atoms with Crippen molar-refractivity contribution in [3.05, 3.63) is 34.9 Å². The molecule has 0 amide bonds. The average Bonchev–Trinajstić information content (AvgIpc) is 2.14. The standard InChI is InChI=1S/C11H13ClO3S/c1-16(14,15)6-5-11(13)8-9-3-2-4-10(12)7-9/h2-4,7H,5-6,8H2,1H3. The van der Waals surface area contributed by atoms with Crippen molar-refractivity contribution in [1.29, 1.82) is 0 Å². The number of sulfone groups is 1. The van der Waals surface area contributed by atoms with Crippen LogP contribution in [-0.4, -0.2) is 26.2 Å². The topological polar surface area (TPSA) is 51.2 Å². The Morgan fingerprint density at radius 3 is 2.62 bits per heavy atom.